The normalized spacial score (nSPS) is 14.2. The highest BCUT2D eigenvalue weighted by Gasteiger charge is 2.20. The van der Waals surface area contributed by atoms with Crippen LogP contribution < -0.4 is 15.5 Å². The summed E-state index contributed by atoms with van der Waals surface area (Å²) < 4.78 is 5.59. The predicted molar refractivity (Wildman–Crippen MR) is 80.4 cm³/mol. The van der Waals surface area contributed by atoms with E-state index < -0.39 is 0 Å². The van der Waals surface area contributed by atoms with Gasteiger partial charge in [0, 0.05) is 40.9 Å². The summed E-state index contributed by atoms with van der Waals surface area (Å²) in [5.74, 6) is 2.62. The molecule has 0 unspecified atom stereocenters. The molecule has 1 aromatic rings. The number of rotatable bonds is 9. The number of nitrogens with zero attached hydrogens (tertiary/aromatic N) is 4. The van der Waals surface area contributed by atoms with Gasteiger partial charge < -0.3 is 20.3 Å². The summed E-state index contributed by atoms with van der Waals surface area (Å²) >= 11 is 0. The van der Waals surface area contributed by atoms with Crippen molar-refractivity contribution < 1.29 is 4.74 Å². The summed E-state index contributed by atoms with van der Waals surface area (Å²) in [4.78, 5) is 14.7. The summed E-state index contributed by atoms with van der Waals surface area (Å²) in [7, 11) is 5.61. The lowest BCUT2D eigenvalue weighted by molar-refractivity contribution is 0.124. The van der Waals surface area contributed by atoms with Crippen LogP contribution in [0.2, 0.25) is 0 Å². The molecule has 1 aliphatic carbocycles. The fourth-order valence-electron chi connectivity index (χ4n) is 1.66. The van der Waals surface area contributed by atoms with Crippen LogP contribution in [0.4, 0.5) is 17.8 Å². The molecule has 7 heteroatoms. The topological polar surface area (TPSA) is 75.2 Å². The fraction of sp³-hybridized carbons (Fsp3) is 0.769. The van der Waals surface area contributed by atoms with Crippen molar-refractivity contribution in [2.24, 2.45) is 5.92 Å². The average Bonchev–Trinajstić information content (AvgIpc) is 3.26. The Labute approximate surface area is 120 Å². The van der Waals surface area contributed by atoms with E-state index in [9.17, 15) is 0 Å². The molecule has 0 amide bonds. The second-order valence-corrected chi connectivity index (χ2v) is 5.23. The first-order chi connectivity index (χ1) is 9.69. The first-order valence-corrected chi connectivity index (χ1v) is 7.12. The molecular weight excluding hydrogens is 256 g/mol. The van der Waals surface area contributed by atoms with E-state index in [1.807, 2.05) is 19.0 Å². The van der Waals surface area contributed by atoms with E-state index in [4.69, 9.17) is 4.74 Å². The van der Waals surface area contributed by atoms with Gasteiger partial charge in [0.2, 0.25) is 17.8 Å². The Morgan fingerprint density at radius 3 is 2.60 bits per heavy atom. The molecule has 112 valence electrons. The Kier molecular flexibility index (Phi) is 5.34. The zero-order valence-corrected chi connectivity index (χ0v) is 12.5. The Hall–Kier alpha value is -1.63. The van der Waals surface area contributed by atoms with Crippen molar-refractivity contribution in [3.05, 3.63) is 0 Å². The highest BCUT2D eigenvalue weighted by molar-refractivity contribution is 5.42. The number of nitrogens with one attached hydrogen (secondary N) is 2. The smallest absolute Gasteiger partial charge is 0.231 e. The van der Waals surface area contributed by atoms with E-state index >= 15 is 0 Å². The van der Waals surface area contributed by atoms with Crippen molar-refractivity contribution in [3.63, 3.8) is 0 Å². The second-order valence-electron chi connectivity index (χ2n) is 5.23. The first-order valence-electron chi connectivity index (χ1n) is 7.12. The highest BCUT2D eigenvalue weighted by Crippen LogP contribution is 2.28. The van der Waals surface area contributed by atoms with Gasteiger partial charge in [-0.3, -0.25) is 0 Å². The quantitative estimate of drug-likeness (QED) is 0.658. The Balaban J connectivity index is 1.74. The number of anilines is 3. The minimum atomic E-state index is 0.566. The van der Waals surface area contributed by atoms with E-state index in [0.29, 0.717) is 17.8 Å². The fourth-order valence-corrected chi connectivity index (χ4v) is 1.66. The van der Waals surface area contributed by atoms with Gasteiger partial charge in [0.1, 0.15) is 0 Å². The molecule has 0 bridgehead atoms. The van der Waals surface area contributed by atoms with Crippen molar-refractivity contribution in [1.82, 2.24) is 15.0 Å². The Morgan fingerprint density at radius 1 is 1.20 bits per heavy atom. The molecule has 20 heavy (non-hydrogen) atoms. The van der Waals surface area contributed by atoms with Gasteiger partial charge in [-0.25, -0.2) is 0 Å². The van der Waals surface area contributed by atoms with Crippen molar-refractivity contribution in [2.75, 3.05) is 56.4 Å². The Bertz CT molecular complexity index is 421. The van der Waals surface area contributed by atoms with Crippen molar-refractivity contribution in [1.29, 1.82) is 0 Å². The van der Waals surface area contributed by atoms with Gasteiger partial charge in [-0.2, -0.15) is 15.0 Å². The maximum atomic E-state index is 5.59. The molecule has 0 spiro atoms. The summed E-state index contributed by atoms with van der Waals surface area (Å²) in [6.45, 7) is 2.50. The monoisotopic (exact) mass is 280 g/mol. The van der Waals surface area contributed by atoms with Crippen LogP contribution in [0.3, 0.4) is 0 Å². The van der Waals surface area contributed by atoms with Gasteiger partial charge >= 0.3 is 0 Å². The van der Waals surface area contributed by atoms with E-state index in [1.165, 1.54) is 12.8 Å². The van der Waals surface area contributed by atoms with Crippen LogP contribution in [0.25, 0.3) is 0 Å². The third-order valence-corrected chi connectivity index (χ3v) is 3.05. The molecule has 1 aliphatic rings. The Morgan fingerprint density at radius 2 is 1.95 bits per heavy atom. The lowest BCUT2D eigenvalue weighted by atomic mass is 10.4. The molecular formula is C13H24N6O. The molecule has 2 rings (SSSR count). The van der Waals surface area contributed by atoms with E-state index in [2.05, 4.69) is 25.6 Å². The zero-order valence-electron chi connectivity index (χ0n) is 12.5. The number of hydrogen-bond acceptors (Lipinski definition) is 7. The van der Waals surface area contributed by atoms with Crippen LogP contribution in [0, 0.1) is 5.92 Å². The minimum absolute atomic E-state index is 0.566. The van der Waals surface area contributed by atoms with Crippen LogP contribution in [0.1, 0.15) is 19.3 Å². The van der Waals surface area contributed by atoms with Gasteiger partial charge in [-0.05, 0) is 25.2 Å². The molecule has 7 nitrogen and oxygen atoms in total. The lowest BCUT2D eigenvalue weighted by Crippen LogP contribution is -2.17. The largest absolute Gasteiger partial charge is 0.381 e. The summed E-state index contributed by atoms with van der Waals surface area (Å²) in [6, 6.07) is 0. The summed E-state index contributed by atoms with van der Waals surface area (Å²) in [5.41, 5.74) is 0. The van der Waals surface area contributed by atoms with Gasteiger partial charge in [0.25, 0.3) is 0 Å². The second kappa shape index (κ2) is 7.23. The van der Waals surface area contributed by atoms with Crippen molar-refractivity contribution in [3.8, 4) is 0 Å². The molecule has 0 radical (unpaired) electrons. The SMILES string of the molecule is CNc1nc(NCCCOCC2CC2)nc(N(C)C)n1. The van der Waals surface area contributed by atoms with Crippen LogP contribution >= 0.6 is 0 Å². The van der Waals surface area contributed by atoms with Crippen molar-refractivity contribution in [2.45, 2.75) is 19.3 Å². The van der Waals surface area contributed by atoms with Gasteiger partial charge in [0.15, 0.2) is 0 Å². The van der Waals surface area contributed by atoms with Gasteiger partial charge in [-0.15, -0.1) is 0 Å². The summed E-state index contributed by atoms with van der Waals surface area (Å²) in [6.07, 6.45) is 3.62. The van der Waals surface area contributed by atoms with Crippen LogP contribution in [0.15, 0.2) is 0 Å². The third kappa shape index (κ3) is 4.80. The van der Waals surface area contributed by atoms with Gasteiger partial charge in [0.05, 0.1) is 0 Å². The van der Waals surface area contributed by atoms with E-state index in [0.717, 1.165) is 32.1 Å². The highest BCUT2D eigenvalue weighted by atomic mass is 16.5. The number of ether oxygens (including phenoxy) is 1. The molecule has 0 atom stereocenters. The molecule has 1 fully saturated rings. The van der Waals surface area contributed by atoms with Crippen molar-refractivity contribution >= 4 is 17.8 Å². The molecule has 1 heterocycles. The molecule has 0 aliphatic heterocycles. The maximum absolute atomic E-state index is 5.59. The lowest BCUT2D eigenvalue weighted by Gasteiger charge is -2.13. The molecule has 1 saturated carbocycles. The minimum Gasteiger partial charge on any atom is -0.381 e. The van der Waals surface area contributed by atoms with E-state index in [-0.39, 0.29) is 0 Å². The standard InChI is InChI=1S/C13H24N6O/c1-14-11-16-12(18-13(17-11)19(2)3)15-7-4-8-20-9-10-5-6-10/h10H,4-9H2,1-3H3,(H2,14,15,16,17,18). The number of aromatic nitrogens is 3. The summed E-state index contributed by atoms with van der Waals surface area (Å²) in [5, 5.41) is 6.15. The zero-order chi connectivity index (χ0) is 14.4. The van der Waals surface area contributed by atoms with Crippen LogP contribution in [-0.2, 0) is 4.74 Å². The van der Waals surface area contributed by atoms with E-state index in [1.54, 1.807) is 7.05 Å². The van der Waals surface area contributed by atoms with Crippen LogP contribution in [0.5, 0.6) is 0 Å². The third-order valence-electron chi connectivity index (χ3n) is 3.05. The molecule has 0 saturated heterocycles. The molecule has 2 N–H and O–H groups in total. The maximum Gasteiger partial charge on any atom is 0.231 e. The number of hydrogen-bond donors (Lipinski definition) is 2. The first kappa shape index (κ1) is 14.8. The van der Waals surface area contributed by atoms with Gasteiger partial charge in [-0.1, -0.05) is 0 Å². The molecule has 1 aromatic heterocycles. The average molecular weight is 280 g/mol. The molecule has 0 aromatic carbocycles. The predicted octanol–water partition coefficient (Wildman–Crippen LogP) is 1.21. The van der Waals surface area contributed by atoms with Crippen LogP contribution in [-0.4, -0.2) is 55.9 Å².